The Balaban J connectivity index is 2.53. The second-order valence-electron chi connectivity index (χ2n) is 4.92. The molecule has 1 aromatic heterocycles. The first-order valence-electron chi connectivity index (χ1n) is 6.88. The summed E-state index contributed by atoms with van der Waals surface area (Å²) in [5.41, 5.74) is 0.696. The van der Waals surface area contributed by atoms with Gasteiger partial charge in [0.2, 0.25) is 5.95 Å². The van der Waals surface area contributed by atoms with E-state index in [4.69, 9.17) is 5.11 Å². The van der Waals surface area contributed by atoms with Crippen LogP contribution in [0.15, 0.2) is 6.07 Å². The summed E-state index contributed by atoms with van der Waals surface area (Å²) in [4.78, 5) is 19.1. The molecule has 1 rings (SSSR count). The summed E-state index contributed by atoms with van der Waals surface area (Å²) in [6.07, 6.45) is 5.93. The number of aromatic nitrogens is 2. The van der Waals surface area contributed by atoms with Crippen LogP contribution in [0.2, 0.25) is 0 Å². The number of carbonyl (C=O) groups is 1. The minimum atomic E-state index is -1.02. The zero-order chi connectivity index (χ0) is 14.3. The zero-order valence-corrected chi connectivity index (χ0v) is 11.9. The lowest BCUT2D eigenvalue weighted by atomic mass is 10.1. The molecule has 2 N–H and O–H groups in total. The topological polar surface area (TPSA) is 75.1 Å². The van der Waals surface area contributed by atoms with Crippen molar-refractivity contribution in [3.05, 3.63) is 17.5 Å². The van der Waals surface area contributed by atoms with E-state index in [0.717, 1.165) is 6.42 Å². The molecule has 1 aromatic rings. The van der Waals surface area contributed by atoms with E-state index in [2.05, 4.69) is 29.1 Å². The maximum atomic E-state index is 10.9. The highest BCUT2D eigenvalue weighted by Crippen LogP contribution is 2.10. The van der Waals surface area contributed by atoms with Gasteiger partial charge in [-0.2, -0.15) is 0 Å². The molecule has 0 aromatic carbocycles. The molecule has 0 radical (unpaired) electrons. The van der Waals surface area contributed by atoms with Crippen LogP contribution < -0.4 is 5.32 Å². The standard InChI is InChI=1S/C14H23N3O2/c1-4-5-6-7-8-10(2)15-14-16-11(3)9-12(17-14)13(18)19/h9-10H,4-8H2,1-3H3,(H,18,19)(H,15,16,17). The lowest BCUT2D eigenvalue weighted by molar-refractivity contribution is 0.0690. The second kappa shape index (κ2) is 7.71. The quantitative estimate of drug-likeness (QED) is 0.706. The Morgan fingerprint density at radius 1 is 1.37 bits per heavy atom. The normalized spacial score (nSPS) is 12.2. The highest BCUT2D eigenvalue weighted by atomic mass is 16.4. The van der Waals surface area contributed by atoms with Gasteiger partial charge in [0.05, 0.1) is 0 Å². The molecule has 1 unspecified atom stereocenters. The van der Waals surface area contributed by atoms with E-state index in [-0.39, 0.29) is 11.7 Å². The number of nitrogens with one attached hydrogen (secondary N) is 1. The van der Waals surface area contributed by atoms with Crippen LogP contribution in [-0.2, 0) is 0 Å². The summed E-state index contributed by atoms with van der Waals surface area (Å²) in [7, 11) is 0. The van der Waals surface area contributed by atoms with Crippen LogP contribution in [0.3, 0.4) is 0 Å². The molecule has 19 heavy (non-hydrogen) atoms. The van der Waals surface area contributed by atoms with E-state index < -0.39 is 5.97 Å². The lowest BCUT2D eigenvalue weighted by Crippen LogP contribution is -2.18. The molecule has 1 heterocycles. The van der Waals surface area contributed by atoms with Crippen molar-refractivity contribution in [3.8, 4) is 0 Å². The number of aryl methyl sites for hydroxylation is 1. The summed E-state index contributed by atoms with van der Waals surface area (Å²) in [5, 5.41) is 12.1. The number of nitrogens with zero attached hydrogens (tertiary/aromatic N) is 2. The van der Waals surface area contributed by atoms with Crippen molar-refractivity contribution in [2.24, 2.45) is 0 Å². The number of hydrogen-bond donors (Lipinski definition) is 2. The minimum Gasteiger partial charge on any atom is -0.477 e. The third-order valence-corrected chi connectivity index (χ3v) is 2.94. The van der Waals surface area contributed by atoms with Crippen molar-refractivity contribution in [2.75, 3.05) is 5.32 Å². The van der Waals surface area contributed by atoms with E-state index in [1.807, 2.05) is 0 Å². The number of aromatic carboxylic acids is 1. The van der Waals surface area contributed by atoms with Crippen molar-refractivity contribution in [3.63, 3.8) is 0 Å². The van der Waals surface area contributed by atoms with Crippen LogP contribution in [0.1, 0.15) is 62.1 Å². The molecule has 0 aliphatic heterocycles. The molecule has 0 aliphatic carbocycles. The molecule has 0 fully saturated rings. The Hall–Kier alpha value is -1.65. The number of unbranched alkanes of at least 4 members (excludes halogenated alkanes) is 3. The van der Waals surface area contributed by atoms with Crippen molar-refractivity contribution >= 4 is 11.9 Å². The Kier molecular flexibility index (Phi) is 6.25. The van der Waals surface area contributed by atoms with E-state index in [0.29, 0.717) is 11.6 Å². The third-order valence-electron chi connectivity index (χ3n) is 2.94. The lowest BCUT2D eigenvalue weighted by Gasteiger charge is -2.14. The van der Waals surface area contributed by atoms with Crippen molar-refractivity contribution < 1.29 is 9.90 Å². The first-order chi connectivity index (χ1) is 9.02. The van der Waals surface area contributed by atoms with E-state index >= 15 is 0 Å². The first-order valence-corrected chi connectivity index (χ1v) is 6.88. The van der Waals surface area contributed by atoms with Gasteiger partial charge in [0.15, 0.2) is 5.69 Å². The van der Waals surface area contributed by atoms with Gasteiger partial charge in [-0.25, -0.2) is 14.8 Å². The van der Waals surface area contributed by atoms with Crippen LogP contribution in [-0.4, -0.2) is 27.1 Å². The average Bonchev–Trinajstić information content (AvgIpc) is 2.34. The molecular weight excluding hydrogens is 242 g/mol. The van der Waals surface area contributed by atoms with Crippen molar-refractivity contribution in [1.29, 1.82) is 0 Å². The molecule has 0 bridgehead atoms. The largest absolute Gasteiger partial charge is 0.477 e. The summed E-state index contributed by atoms with van der Waals surface area (Å²) >= 11 is 0. The maximum absolute atomic E-state index is 10.9. The van der Waals surface area contributed by atoms with Gasteiger partial charge in [-0.05, 0) is 26.3 Å². The monoisotopic (exact) mass is 265 g/mol. The molecule has 0 saturated carbocycles. The Bertz CT molecular complexity index is 421. The Labute approximate surface area is 114 Å². The van der Waals surface area contributed by atoms with Gasteiger partial charge in [0.25, 0.3) is 0 Å². The van der Waals surface area contributed by atoms with Crippen molar-refractivity contribution in [1.82, 2.24) is 9.97 Å². The van der Waals surface area contributed by atoms with Crippen LogP contribution in [0.5, 0.6) is 0 Å². The van der Waals surface area contributed by atoms with Gasteiger partial charge < -0.3 is 10.4 Å². The van der Waals surface area contributed by atoms with Crippen LogP contribution >= 0.6 is 0 Å². The average molecular weight is 265 g/mol. The maximum Gasteiger partial charge on any atom is 0.354 e. The van der Waals surface area contributed by atoms with Gasteiger partial charge in [-0.1, -0.05) is 32.6 Å². The van der Waals surface area contributed by atoms with Gasteiger partial charge >= 0.3 is 5.97 Å². The summed E-state index contributed by atoms with van der Waals surface area (Å²) in [6, 6.07) is 1.72. The molecule has 0 saturated heterocycles. The van der Waals surface area contributed by atoms with Crippen LogP contribution in [0.25, 0.3) is 0 Å². The summed E-state index contributed by atoms with van der Waals surface area (Å²) in [5.74, 6) is -0.621. The van der Waals surface area contributed by atoms with Gasteiger partial charge in [0, 0.05) is 11.7 Å². The summed E-state index contributed by atoms with van der Waals surface area (Å²) in [6.45, 7) is 6.03. The van der Waals surface area contributed by atoms with E-state index in [9.17, 15) is 4.79 Å². The number of anilines is 1. The van der Waals surface area contributed by atoms with E-state index in [1.165, 1.54) is 31.7 Å². The predicted octanol–water partition coefficient (Wildman–Crippen LogP) is 3.25. The molecule has 1 atom stereocenters. The summed E-state index contributed by atoms with van der Waals surface area (Å²) < 4.78 is 0. The van der Waals surface area contributed by atoms with E-state index in [1.54, 1.807) is 6.92 Å². The molecule has 5 heteroatoms. The van der Waals surface area contributed by atoms with Crippen LogP contribution in [0.4, 0.5) is 5.95 Å². The molecule has 5 nitrogen and oxygen atoms in total. The molecule has 0 aliphatic rings. The zero-order valence-electron chi connectivity index (χ0n) is 11.9. The second-order valence-corrected chi connectivity index (χ2v) is 4.92. The predicted molar refractivity (Wildman–Crippen MR) is 75.6 cm³/mol. The van der Waals surface area contributed by atoms with Gasteiger partial charge in [-0.15, -0.1) is 0 Å². The fourth-order valence-corrected chi connectivity index (χ4v) is 1.91. The molecule has 106 valence electrons. The fraction of sp³-hybridized carbons (Fsp3) is 0.643. The molecule has 0 spiro atoms. The number of rotatable bonds is 8. The molecular formula is C14H23N3O2. The first kappa shape index (κ1) is 15.4. The number of carboxylic acid groups (broad SMARTS) is 1. The molecule has 0 amide bonds. The smallest absolute Gasteiger partial charge is 0.354 e. The van der Waals surface area contributed by atoms with Crippen molar-refractivity contribution in [2.45, 2.75) is 58.9 Å². The highest BCUT2D eigenvalue weighted by molar-refractivity contribution is 5.85. The Morgan fingerprint density at radius 2 is 2.11 bits per heavy atom. The SMILES string of the molecule is CCCCCCC(C)Nc1nc(C)cc(C(=O)O)n1. The van der Waals surface area contributed by atoms with Crippen LogP contribution in [0, 0.1) is 6.92 Å². The number of carboxylic acids is 1. The Morgan fingerprint density at radius 3 is 2.74 bits per heavy atom. The minimum absolute atomic E-state index is 0.0354. The van der Waals surface area contributed by atoms with Gasteiger partial charge in [-0.3, -0.25) is 0 Å². The highest BCUT2D eigenvalue weighted by Gasteiger charge is 2.10. The number of hydrogen-bond acceptors (Lipinski definition) is 4. The third kappa shape index (κ3) is 5.68. The van der Waals surface area contributed by atoms with Gasteiger partial charge in [0.1, 0.15) is 0 Å². The fourth-order valence-electron chi connectivity index (χ4n) is 1.91.